The van der Waals surface area contributed by atoms with Crippen LogP contribution in [0.2, 0.25) is 5.02 Å². The Morgan fingerprint density at radius 3 is 2.73 bits per heavy atom. The Morgan fingerprint density at radius 1 is 1.21 bits per heavy atom. The van der Waals surface area contributed by atoms with Crippen LogP contribution in [-0.4, -0.2) is 74.3 Å². The minimum Gasteiger partial charge on any atom is -0.491 e. The van der Waals surface area contributed by atoms with Gasteiger partial charge in [-0.2, -0.15) is 5.26 Å². The number of rotatable bonds is 9. The zero-order valence-corrected chi connectivity index (χ0v) is 28.0. The lowest BCUT2D eigenvalue weighted by Gasteiger charge is -2.61. The number of thiophene rings is 1. The van der Waals surface area contributed by atoms with Crippen molar-refractivity contribution in [2.75, 3.05) is 31.6 Å². The van der Waals surface area contributed by atoms with Crippen LogP contribution < -0.4 is 15.2 Å². The van der Waals surface area contributed by atoms with Gasteiger partial charge in [0.1, 0.15) is 35.6 Å². The van der Waals surface area contributed by atoms with Crippen LogP contribution in [0.3, 0.4) is 0 Å². The molecule has 13 heteroatoms. The molecule has 0 unspecified atom stereocenters. The number of anilines is 1. The summed E-state index contributed by atoms with van der Waals surface area (Å²) in [5.74, 6) is 0.520. The van der Waals surface area contributed by atoms with Gasteiger partial charge >= 0.3 is 5.97 Å². The molecule has 3 aliphatic rings. The van der Waals surface area contributed by atoms with E-state index in [2.05, 4.69) is 37.9 Å². The third-order valence-corrected chi connectivity index (χ3v) is 11.4. The number of aromatic carboxylic acids is 1. The zero-order chi connectivity index (χ0) is 33.3. The highest BCUT2D eigenvalue weighted by Crippen LogP contribution is 2.52. The van der Waals surface area contributed by atoms with E-state index in [1.165, 1.54) is 28.7 Å². The smallest absolute Gasteiger partial charge is 0.338 e. The molecule has 3 fully saturated rings. The number of aromatic nitrogens is 4. The molecule has 48 heavy (non-hydrogen) atoms. The SMILES string of the molecule is Cc1nc2cnc(N3CC4(CC(N(C)C5CC5)C4)C3)c(C#N)c2c(=O)n1CCOc1ccc(Cl)cc1-c1ccnc2c(C(=O)O)csc12. The maximum Gasteiger partial charge on any atom is 0.338 e. The topological polar surface area (TPSA) is 137 Å². The van der Waals surface area contributed by atoms with E-state index in [1.807, 2.05) is 0 Å². The summed E-state index contributed by atoms with van der Waals surface area (Å²) in [6, 6.07) is 10.7. The molecule has 5 aromatic rings. The summed E-state index contributed by atoms with van der Waals surface area (Å²) in [5, 5.41) is 22.2. The largest absolute Gasteiger partial charge is 0.491 e. The van der Waals surface area contributed by atoms with Crippen molar-refractivity contribution < 1.29 is 14.6 Å². The van der Waals surface area contributed by atoms with Crippen molar-refractivity contribution in [3.05, 3.63) is 74.4 Å². The number of hydrogen-bond acceptors (Lipinski definition) is 10. The van der Waals surface area contributed by atoms with E-state index in [0.717, 1.165) is 37.5 Å². The van der Waals surface area contributed by atoms with Crippen molar-refractivity contribution >= 4 is 55.8 Å². The predicted molar refractivity (Wildman–Crippen MR) is 184 cm³/mol. The quantitative estimate of drug-likeness (QED) is 0.205. The number of hydrogen-bond donors (Lipinski definition) is 1. The van der Waals surface area contributed by atoms with Crippen LogP contribution in [0.15, 0.2) is 46.8 Å². The first-order valence-corrected chi connectivity index (χ1v) is 17.2. The number of benzene rings is 1. The van der Waals surface area contributed by atoms with E-state index in [4.69, 9.17) is 16.3 Å². The van der Waals surface area contributed by atoms with Gasteiger partial charge < -0.3 is 19.6 Å². The predicted octanol–water partition coefficient (Wildman–Crippen LogP) is 5.74. The van der Waals surface area contributed by atoms with Crippen molar-refractivity contribution in [3.8, 4) is 22.9 Å². The monoisotopic (exact) mass is 681 g/mol. The van der Waals surface area contributed by atoms with Gasteiger partial charge in [0.2, 0.25) is 0 Å². The number of ether oxygens (including phenoxy) is 1. The summed E-state index contributed by atoms with van der Waals surface area (Å²) >= 11 is 7.68. The molecule has 0 amide bonds. The first-order chi connectivity index (χ1) is 23.2. The van der Waals surface area contributed by atoms with Crippen LogP contribution in [0.25, 0.3) is 32.2 Å². The number of carboxylic acids is 1. The summed E-state index contributed by atoms with van der Waals surface area (Å²) < 4.78 is 8.48. The fourth-order valence-corrected chi connectivity index (χ4v) is 8.68. The molecule has 2 saturated carbocycles. The van der Waals surface area contributed by atoms with Crippen LogP contribution in [0.1, 0.15) is 47.4 Å². The van der Waals surface area contributed by atoms with E-state index < -0.39 is 5.97 Å². The van der Waals surface area contributed by atoms with Crippen molar-refractivity contribution in [2.45, 2.75) is 51.2 Å². The third kappa shape index (κ3) is 5.08. The van der Waals surface area contributed by atoms with Gasteiger partial charge in [0.25, 0.3) is 5.56 Å². The van der Waals surface area contributed by atoms with E-state index in [9.17, 15) is 20.0 Å². The average Bonchev–Trinajstić information content (AvgIpc) is 3.79. The molecule has 0 radical (unpaired) electrons. The summed E-state index contributed by atoms with van der Waals surface area (Å²) in [7, 11) is 2.24. The Balaban J connectivity index is 1.04. The number of carbonyl (C=O) groups is 1. The van der Waals surface area contributed by atoms with Gasteiger partial charge in [-0.25, -0.2) is 14.8 Å². The van der Waals surface area contributed by atoms with Gasteiger partial charge in [0, 0.05) is 58.3 Å². The molecule has 1 N–H and O–H groups in total. The third-order valence-electron chi connectivity index (χ3n) is 10.2. The maximum absolute atomic E-state index is 14.0. The summed E-state index contributed by atoms with van der Waals surface area (Å²) in [6.07, 6.45) is 8.11. The molecular weight excluding hydrogens is 650 g/mol. The van der Waals surface area contributed by atoms with Gasteiger partial charge in [0.05, 0.1) is 39.4 Å². The molecular formula is C35H32ClN7O4S. The summed E-state index contributed by atoms with van der Waals surface area (Å²) in [6.45, 7) is 3.75. The summed E-state index contributed by atoms with van der Waals surface area (Å²) in [5.41, 5.74) is 2.59. The van der Waals surface area contributed by atoms with Gasteiger partial charge in [-0.05, 0) is 63.9 Å². The Morgan fingerprint density at radius 2 is 2.00 bits per heavy atom. The minimum atomic E-state index is -1.04. The molecule has 2 aliphatic carbocycles. The molecule has 1 aliphatic heterocycles. The second kappa shape index (κ2) is 11.5. The molecule has 4 aromatic heterocycles. The molecule has 0 bridgehead atoms. The highest BCUT2D eigenvalue weighted by Gasteiger charge is 2.55. The fraction of sp³-hybridized carbons (Fsp3) is 0.371. The molecule has 0 atom stereocenters. The molecule has 1 aromatic carbocycles. The Bertz CT molecular complexity index is 2230. The number of pyridine rings is 2. The highest BCUT2D eigenvalue weighted by atomic mass is 35.5. The van der Waals surface area contributed by atoms with Crippen molar-refractivity contribution in [1.82, 2.24) is 24.4 Å². The first-order valence-electron chi connectivity index (χ1n) is 16.0. The number of halogens is 1. The van der Waals surface area contributed by atoms with Crippen LogP contribution in [-0.2, 0) is 6.54 Å². The Hall–Kier alpha value is -4.57. The standard InChI is InChI=1S/C35H32ClN7O4S/c1-19-40-27-15-39-32(42-17-35(18-42)12-22(13-35)41(2)21-4-5-21)25(14-37)29(27)33(44)43(19)9-10-47-28-6-3-20(36)11-24(28)23-7-8-38-30-26(34(45)46)16-48-31(23)30/h3,6-8,11,15-16,21-22H,4-5,9-10,12-13,17-18H2,1-2H3,(H,45,46). The number of nitrogens with zero attached hydrogens (tertiary/aromatic N) is 7. The maximum atomic E-state index is 14.0. The Kier molecular flexibility index (Phi) is 7.39. The van der Waals surface area contributed by atoms with Crippen molar-refractivity contribution in [2.24, 2.45) is 5.41 Å². The van der Waals surface area contributed by atoms with Crippen molar-refractivity contribution in [1.29, 1.82) is 5.26 Å². The van der Waals surface area contributed by atoms with Crippen LogP contribution in [0.5, 0.6) is 5.75 Å². The fourth-order valence-electron chi connectivity index (χ4n) is 7.48. The number of aryl methyl sites for hydroxylation is 1. The van der Waals surface area contributed by atoms with Gasteiger partial charge in [-0.1, -0.05) is 11.6 Å². The van der Waals surface area contributed by atoms with Crippen LogP contribution in [0, 0.1) is 23.7 Å². The molecule has 244 valence electrons. The van der Waals surface area contributed by atoms with Gasteiger partial charge in [-0.15, -0.1) is 11.3 Å². The Labute approximate surface area is 285 Å². The van der Waals surface area contributed by atoms with Crippen LogP contribution in [0.4, 0.5) is 5.82 Å². The van der Waals surface area contributed by atoms with Crippen LogP contribution >= 0.6 is 22.9 Å². The number of carboxylic acid groups (broad SMARTS) is 1. The molecule has 11 nitrogen and oxygen atoms in total. The highest BCUT2D eigenvalue weighted by molar-refractivity contribution is 7.18. The normalized spacial score (nSPS) is 17.1. The lowest BCUT2D eigenvalue weighted by molar-refractivity contribution is -0.0123. The lowest BCUT2D eigenvalue weighted by Crippen LogP contribution is -2.66. The number of fused-ring (bicyclic) bond motifs is 2. The minimum absolute atomic E-state index is 0.131. The first kappa shape index (κ1) is 30.7. The van der Waals surface area contributed by atoms with E-state index in [-0.39, 0.29) is 40.6 Å². The molecule has 5 heterocycles. The lowest BCUT2D eigenvalue weighted by atomic mass is 9.60. The number of nitriles is 1. The summed E-state index contributed by atoms with van der Waals surface area (Å²) in [4.78, 5) is 43.9. The van der Waals surface area contributed by atoms with Crippen molar-refractivity contribution in [3.63, 3.8) is 0 Å². The zero-order valence-electron chi connectivity index (χ0n) is 26.4. The van der Waals surface area contributed by atoms with E-state index in [1.54, 1.807) is 49.0 Å². The molecule has 1 saturated heterocycles. The average molecular weight is 682 g/mol. The van der Waals surface area contributed by atoms with Gasteiger partial charge in [0.15, 0.2) is 0 Å². The molecule has 8 rings (SSSR count). The van der Waals surface area contributed by atoms with Gasteiger partial charge in [-0.3, -0.25) is 14.3 Å². The second-order valence-corrected chi connectivity index (χ2v) is 14.6. The molecule has 1 spiro atoms. The van der Waals surface area contributed by atoms with E-state index >= 15 is 0 Å². The second-order valence-electron chi connectivity index (χ2n) is 13.2. The van der Waals surface area contributed by atoms with E-state index in [0.29, 0.717) is 49.8 Å².